The normalized spacial score (nSPS) is 16.1. The number of hydrogen-bond donors (Lipinski definition) is 1. The molecule has 0 aliphatic heterocycles. The fraction of sp³-hybridized carbons (Fsp3) is 0.500. The number of Topliss-reactive ketones (excluding diaryl/α,β-unsaturated/α-hetero) is 1. The summed E-state index contributed by atoms with van der Waals surface area (Å²) < 4.78 is 0. The predicted molar refractivity (Wildman–Crippen MR) is 49.9 cm³/mol. The fourth-order valence-electron chi connectivity index (χ4n) is 0.723. The van der Waals surface area contributed by atoms with Crippen LogP contribution in [0.2, 0.25) is 0 Å². The van der Waals surface area contributed by atoms with Gasteiger partial charge in [0.05, 0.1) is 0 Å². The number of rotatable bonds is 3. The Balaban J connectivity index is 4.51. The maximum atomic E-state index is 11.3. The molecule has 0 saturated heterocycles. The Morgan fingerprint density at radius 2 is 1.75 bits per heavy atom. The van der Waals surface area contributed by atoms with Crippen LogP contribution in [0.5, 0.6) is 0 Å². The van der Waals surface area contributed by atoms with Crippen molar-refractivity contribution in [3.05, 3.63) is 23.3 Å². The van der Waals surface area contributed by atoms with Crippen molar-refractivity contribution in [1.82, 2.24) is 0 Å². The summed E-state index contributed by atoms with van der Waals surface area (Å²) in [4.78, 5) is 11.3. The van der Waals surface area contributed by atoms with Gasteiger partial charge in [0.2, 0.25) is 0 Å². The van der Waals surface area contributed by atoms with E-state index in [4.69, 9.17) is 0 Å². The second kappa shape index (κ2) is 4.88. The lowest BCUT2D eigenvalue weighted by atomic mass is 10.0. The standard InChI is InChI=1S/C10H16O2/c1-5-7(3)9(11)10(12)8(4)6-2/h5-6,9,11H,1-4H3/b7-5+,8-6-. The summed E-state index contributed by atoms with van der Waals surface area (Å²) in [7, 11) is 0. The zero-order valence-electron chi connectivity index (χ0n) is 8.09. The van der Waals surface area contributed by atoms with Gasteiger partial charge in [-0.05, 0) is 38.8 Å². The van der Waals surface area contributed by atoms with E-state index in [9.17, 15) is 9.90 Å². The Bertz CT molecular complexity index is 224. The number of ketones is 1. The smallest absolute Gasteiger partial charge is 0.190 e. The highest BCUT2D eigenvalue weighted by atomic mass is 16.3. The van der Waals surface area contributed by atoms with Crippen molar-refractivity contribution in [2.75, 3.05) is 0 Å². The predicted octanol–water partition coefficient (Wildman–Crippen LogP) is 1.85. The monoisotopic (exact) mass is 168 g/mol. The van der Waals surface area contributed by atoms with Crippen LogP contribution in [0.25, 0.3) is 0 Å². The number of carbonyl (C=O) groups excluding carboxylic acids is 1. The first-order valence-corrected chi connectivity index (χ1v) is 4.02. The zero-order valence-corrected chi connectivity index (χ0v) is 8.09. The molecular formula is C10H16O2. The molecule has 68 valence electrons. The van der Waals surface area contributed by atoms with Crippen molar-refractivity contribution in [1.29, 1.82) is 0 Å². The molecule has 0 radical (unpaired) electrons. The van der Waals surface area contributed by atoms with Gasteiger partial charge in [-0.15, -0.1) is 0 Å². The Hall–Kier alpha value is -0.890. The Labute approximate surface area is 73.6 Å². The van der Waals surface area contributed by atoms with Crippen molar-refractivity contribution < 1.29 is 9.90 Å². The van der Waals surface area contributed by atoms with E-state index in [2.05, 4.69) is 0 Å². The van der Waals surface area contributed by atoms with Gasteiger partial charge in [-0.2, -0.15) is 0 Å². The minimum absolute atomic E-state index is 0.215. The van der Waals surface area contributed by atoms with Gasteiger partial charge in [0.25, 0.3) is 0 Å². The van der Waals surface area contributed by atoms with Crippen LogP contribution in [0.15, 0.2) is 23.3 Å². The molecule has 0 spiro atoms. The molecule has 0 amide bonds. The van der Waals surface area contributed by atoms with Crippen LogP contribution in [0, 0.1) is 0 Å². The summed E-state index contributed by atoms with van der Waals surface area (Å²) in [6.45, 7) is 7.03. The van der Waals surface area contributed by atoms with Crippen LogP contribution < -0.4 is 0 Å². The van der Waals surface area contributed by atoms with Gasteiger partial charge in [0, 0.05) is 0 Å². The quantitative estimate of drug-likeness (QED) is 0.516. The van der Waals surface area contributed by atoms with Gasteiger partial charge in [0.1, 0.15) is 6.10 Å². The summed E-state index contributed by atoms with van der Waals surface area (Å²) in [6.07, 6.45) is 2.48. The molecule has 0 aliphatic rings. The maximum absolute atomic E-state index is 11.3. The van der Waals surface area contributed by atoms with E-state index in [0.29, 0.717) is 11.1 Å². The van der Waals surface area contributed by atoms with Gasteiger partial charge < -0.3 is 5.11 Å². The molecule has 0 bridgehead atoms. The number of aliphatic hydroxyl groups is 1. The highest BCUT2D eigenvalue weighted by Crippen LogP contribution is 2.07. The molecule has 1 N–H and O–H groups in total. The number of aliphatic hydroxyl groups excluding tert-OH is 1. The first-order valence-electron chi connectivity index (χ1n) is 4.02. The molecule has 0 aromatic carbocycles. The van der Waals surface area contributed by atoms with Crippen LogP contribution in [-0.2, 0) is 4.79 Å². The summed E-state index contributed by atoms with van der Waals surface area (Å²) in [5.41, 5.74) is 1.30. The van der Waals surface area contributed by atoms with Crippen molar-refractivity contribution in [2.24, 2.45) is 0 Å². The molecule has 0 aromatic rings. The van der Waals surface area contributed by atoms with Crippen molar-refractivity contribution in [2.45, 2.75) is 33.8 Å². The third-order valence-electron chi connectivity index (χ3n) is 1.96. The Morgan fingerprint density at radius 1 is 1.25 bits per heavy atom. The van der Waals surface area contributed by atoms with E-state index < -0.39 is 6.10 Å². The molecule has 0 fully saturated rings. The van der Waals surface area contributed by atoms with Crippen LogP contribution >= 0.6 is 0 Å². The highest BCUT2D eigenvalue weighted by Gasteiger charge is 2.16. The van der Waals surface area contributed by atoms with Gasteiger partial charge >= 0.3 is 0 Å². The Kier molecular flexibility index (Phi) is 4.52. The number of hydrogen-bond acceptors (Lipinski definition) is 2. The van der Waals surface area contributed by atoms with Crippen LogP contribution in [0.3, 0.4) is 0 Å². The van der Waals surface area contributed by atoms with E-state index in [1.807, 2.05) is 0 Å². The summed E-state index contributed by atoms with van der Waals surface area (Å²) >= 11 is 0. The van der Waals surface area contributed by atoms with Gasteiger partial charge in [-0.1, -0.05) is 12.2 Å². The van der Waals surface area contributed by atoms with E-state index in [1.165, 1.54) is 0 Å². The van der Waals surface area contributed by atoms with Gasteiger partial charge in [-0.3, -0.25) is 4.79 Å². The summed E-state index contributed by atoms with van der Waals surface area (Å²) in [5.74, 6) is -0.215. The van der Waals surface area contributed by atoms with E-state index in [1.54, 1.807) is 39.8 Å². The molecule has 2 nitrogen and oxygen atoms in total. The Morgan fingerprint density at radius 3 is 2.08 bits per heavy atom. The average Bonchev–Trinajstić information content (AvgIpc) is 2.12. The number of allylic oxidation sites excluding steroid dienone is 2. The molecule has 0 rings (SSSR count). The molecule has 12 heavy (non-hydrogen) atoms. The molecule has 0 saturated carbocycles. The van der Waals surface area contributed by atoms with E-state index in [0.717, 1.165) is 0 Å². The second-order valence-electron chi connectivity index (χ2n) is 2.77. The molecule has 2 heteroatoms. The van der Waals surface area contributed by atoms with E-state index in [-0.39, 0.29) is 5.78 Å². The van der Waals surface area contributed by atoms with Crippen molar-refractivity contribution in [3.63, 3.8) is 0 Å². The van der Waals surface area contributed by atoms with Crippen LogP contribution in [0.4, 0.5) is 0 Å². The summed E-state index contributed by atoms with van der Waals surface area (Å²) in [5, 5.41) is 9.43. The first-order chi connectivity index (χ1) is 5.54. The average molecular weight is 168 g/mol. The second-order valence-corrected chi connectivity index (χ2v) is 2.77. The van der Waals surface area contributed by atoms with Gasteiger partial charge in [-0.25, -0.2) is 0 Å². The van der Waals surface area contributed by atoms with Crippen LogP contribution in [0.1, 0.15) is 27.7 Å². The van der Waals surface area contributed by atoms with E-state index >= 15 is 0 Å². The largest absolute Gasteiger partial charge is 0.381 e. The lowest BCUT2D eigenvalue weighted by Gasteiger charge is -2.09. The zero-order chi connectivity index (χ0) is 9.72. The third-order valence-corrected chi connectivity index (χ3v) is 1.96. The molecule has 0 aromatic heterocycles. The molecule has 0 aliphatic carbocycles. The van der Waals surface area contributed by atoms with Crippen molar-refractivity contribution >= 4 is 5.78 Å². The lowest BCUT2D eigenvalue weighted by molar-refractivity contribution is -0.121. The molecule has 1 unspecified atom stereocenters. The fourth-order valence-corrected chi connectivity index (χ4v) is 0.723. The van der Waals surface area contributed by atoms with Crippen molar-refractivity contribution in [3.8, 4) is 0 Å². The third kappa shape index (κ3) is 2.62. The minimum atomic E-state index is -0.966. The molecular weight excluding hydrogens is 152 g/mol. The maximum Gasteiger partial charge on any atom is 0.190 e. The van der Waals surface area contributed by atoms with Gasteiger partial charge in [0.15, 0.2) is 5.78 Å². The topological polar surface area (TPSA) is 37.3 Å². The lowest BCUT2D eigenvalue weighted by Crippen LogP contribution is -2.22. The molecule has 1 atom stereocenters. The summed E-state index contributed by atoms with van der Waals surface area (Å²) in [6, 6.07) is 0. The molecule has 0 heterocycles. The van der Waals surface area contributed by atoms with Crippen LogP contribution in [-0.4, -0.2) is 17.0 Å². The minimum Gasteiger partial charge on any atom is -0.381 e. The highest BCUT2D eigenvalue weighted by molar-refractivity contribution is 5.99. The first kappa shape index (κ1) is 11.1. The SMILES string of the molecule is C/C=C(/C)C(=O)C(O)/C(C)=C/C. The number of carbonyl (C=O) groups is 1.